The summed E-state index contributed by atoms with van der Waals surface area (Å²) < 4.78 is 0. The Morgan fingerprint density at radius 1 is 0.493 bits per heavy atom. The average molecular weight is 933 g/mol. The quantitative estimate of drug-likeness (QED) is 0.0675. The molecule has 1 fully saturated rings. The molecule has 0 amide bonds. The van der Waals surface area contributed by atoms with Gasteiger partial charge in [0.1, 0.15) is 11.6 Å². The first-order valence-electron chi connectivity index (χ1n) is 25.3. The molecule has 2 heterocycles. The Kier molecular flexibility index (Phi) is 14.1. The van der Waals surface area contributed by atoms with Crippen LogP contribution in [0.4, 0.5) is 23.5 Å². The number of hydrogen-bond donors (Lipinski definition) is 4. The van der Waals surface area contributed by atoms with Gasteiger partial charge in [-0.2, -0.15) is 9.97 Å². The molecule has 0 saturated heterocycles. The first-order valence-corrected chi connectivity index (χ1v) is 25.3. The van der Waals surface area contributed by atoms with E-state index in [9.17, 15) is 0 Å². The molecule has 8 heteroatoms. The molecule has 5 atom stereocenters. The topological polar surface area (TPSA) is 99.7 Å². The fraction of sp³-hybridized carbons (Fsp3) is 0.238. The molecule has 5 unspecified atom stereocenters. The molecule has 9 aromatic rings. The van der Waals surface area contributed by atoms with E-state index in [1.54, 1.807) is 0 Å². The van der Waals surface area contributed by atoms with Crippen LogP contribution in [0.25, 0.3) is 27.6 Å². The van der Waals surface area contributed by atoms with E-state index >= 15 is 0 Å². The van der Waals surface area contributed by atoms with Crippen molar-refractivity contribution >= 4 is 51.2 Å². The molecule has 1 saturated carbocycles. The third-order valence-corrected chi connectivity index (χ3v) is 14.4. The zero-order valence-electron chi connectivity index (χ0n) is 41.5. The van der Waals surface area contributed by atoms with Gasteiger partial charge in [0.25, 0.3) is 0 Å². The summed E-state index contributed by atoms with van der Waals surface area (Å²) in [6.45, 7) is 13.6. The Balaban J connectivity index is 1.09. The van der Waals surface area contributed by atoms with Gasteiger partial charge in [-0.05, 0) is 92.1 Å². The van der Waals surface area contributed by atoms with Crippen LogP contribution in [0.1, 0.15) is 102 Å². The number of hydrogen-bond acceptors (Lipinski definition) is 8. The van der Waals surface area contributed by atoms with E-state index in [0.717, 1.165) is 29.6 Å². The molecule has 2 aromatic heterocycles. The van der Waals surface area contributed by atoms with Gasteiger partial charge >= 0.3 is 0 Å². The van der Waals surface area contributed by atoms with Crippen LogP contribution in [0.3, 0.4) is 0 Å². The van der Waals surface area contributed by atoms with Crippen molar-refractivity contribution in [1.82, 2.24) is 19.9 Å². The number of nitrogens with zero attached hydrogens (tertiary/aromatic N) is 4. The maximum absolute atomic E-state index is 5.54. The molecule has 0 radical (unpaired) electrons. The molecule has 1 aliphatic carbocycles. The van der Waals surface area contributed by atoms with Crippen molar-refractivity contribution in [2.24, 2.45) is 11.8 Å². The SMILES string of the molecule is CC=Cc1c(C)cccc1CNc1cc(C2C(c3ccccc3)C(c3cc(NCc4cccc5ccccc45)nc(NCc4cccc5ccccc45)n3)C2C(C)c2ccccc2)nc(NCC(C)C)n1. The van der Waals surface area contributed by atoms with E-state index < -0.39 is 0 Å². The van der Waals surface area contributed by atoms with Crippen LogP contribution in [0.15, 0.2) is 182 Å². The van der Waals surface area contributed by atoms with E-state index in [2.05, 4.69) is 244 Å². The molecule has 4 N–H and O–H groups in total. The summed E-state index contributed by atoms with van der Waals surface area (Å²) in [6.07, 6.45) is 4.31. The van der Waals surface area contributed by atoms with Crippen molar-refractivity contribution in [1.29, 1.82) is 0 Å². The highest BCUT2D eigenvalue weighted by atomic mass is 15.2. The predicted molar refractivity (Wildman–Crippen MR) is 296 cm³/mol. The van der Waals surface area contributed by atoms with Gasteiger partial charge < -0.3 is 21.3 Å². The third kappa shape index (κ3) is 10.4. The van der Waals surface area contributed by atoms with Crippen LogP contribution in [0.5, 0.6) is 0 Å². The molecule has 8 nitrogen and oxygen atoms in total. The monoisotopic (exact) mass is 933 g/mol. The van der Waals surface area contributed by atoms with Crippen LogP contribution in [-0.4, -0.2) is 26.5 Å². The summed E-state index contributed by atoms with van der Waals surface area (Å²) in [6, 6.07) is 63.1. The lowest BCUT2D eigenvalue weighted by molar-refractivity contribution is 0.123. The highest BCUT2D eigenvalue weighted by Crippen LogP contribution is 2.66. The van der Waals surface area contributed by atoms with Gasteiger partial charge in [-0.1, -0.05) is 197 Å². The lowest BCUT2D eigenvalue weighted by atomic mass is 9.48. The number of fused-ring (bicyclic) bond motifs is 2. The molecule has 356 valence electrons. The molecule has 10 rings (SSSR count). The minimum atomic E-state index is 0.00551. The molecule has 0 aliphatic heterocycles. The first-order chi connectivity index (χ1) is 34.8. The molecule has 71 heavy (non-hydrogen) atoms. The molecule has 0 spiro atoms. The molecular formula is C63H64N8. The Morgan fingerprint density at radius 2 is 0.986 bits per heavy atom. The van der Waals surface area contributed by atoms with Crippen LogP contribution >= 0.6 is 0 Å². The number of aromatic nitrogens is 4. The third-order valence-electron chi connectivity index (χ3n) is 14.4. The molecule has 7 aromatic carbocycles. The molecule has 1 aliphatic rings. The van der Waals surface area contributed by atoms with E-state index in [1.807, 2.05) is 0 Å². The number of aryl methyl sites for hydroxylation is 1. The highest BCUT2D eigenvalue weighted by molar-refractivity contribution is 5.86. The summed E-state index contributed by atoms with van der Waals surface area (Å²) >= 11 is 0. The van der Waals surface area contributed by atoms with Crippen molar-refractivity contribution in [2.75, 3.05) is 27.8 Å². The Labute approximate surface area is 419 Å². The van der Waals surface area contributed by atoms with Gasteiger partial charge in [-0.25, -0.2) is 9.97 Å². The summed E-state index contributed by atoms with van der Waals surface area (Å²) in [7, 11) is 0. The van der Waals surface area contributed by atoms with E-state index in [0.29, 0.717) is 37.4 Å². The second kappa shape index (κ2) is 21.4. The number of rotatable bonds is 18. The fourth-order valence-electron chi connectivity index (χ4n) is 10.9. The van der Waals surface area contributed by atoms with Crippen molar-refractivity contribution in [3.63, 3.8) is 0 Å². The van der Waals surface area contributed by atoms with E-state index in [4.69, 9.17) is 19.9 Å². The van der Waals surface area contributed by atoms with Gasteiger partial charge in [0.15, 0.2) is 0 Å². The number of benzene rings is 7. The molecular weight excluding hydrogens is 869 g/mol. The van der Waals surface area contributed by atoms with Crippen molar-refractivity contribution < 1.29 is 0 Å². The zero-order valence-corrected chi connectivity index (χ0v) is 41.5. The van der Waals surface area contributed by atoms with Gasteiger partial charge in [0.2, 0.25) is 11.9 Å². The summed E-state index contributed by atoms with van der Waals surface area (Å²) in [5.41, 5.74) is 10.7. The van der Waals surface area contributed by atoms with Crippen LogP contribution in [0, 0.1) is 18.8 Å². The lowest BCUT2D eigenvalue weighted by Crippen LogP contribution is -2.45. The standard InChI is InChI=1S/C63H64N8/c1-6-20-51-42(4)21-17-30-48(51)38-64-56-35-54(68-62(70-56)66-37-41(2)3)60-58(43(5)44-22-9-7-10-23-44)61(59(60)47-26-11-8-12-27-47)55-36-57(65-39-49-31-18-28-45-24-13-15-33-52(45)49)71-63(69-55)67-40-50-32-19-29-46-25-14-16-34-53(46)50/h6-36,41,43,58-61H,37-40H2,1-5H3,(H2,64,66,68,70)(H2,65,67,69,71). The average Bonchev–Trinajstić information content (AvgIpc) is 3.39. The zero-order chi connectivity index (χ0) is 48.7. The number of nitrogens with one attached hydrogen (secondary N) is 4. The molecule has 0 bridgehead atoms. The van der Waals surface area contributed by atoms with E-state index in [-0.39, 0.29) is 29.6 Å². The maximum atomic E-state index is 5.54. The number of anilines is 4. The van der Waals surface area contributed by atoms with Gasteiger partial charge in [-0.15, -0.1) is 0 Å². The van der Waals surface area contributed by atoms with Crippen LogP contribution in [0.2, 0.25) is 0 Å². The van der Waals surface area contributed by atoms with E-state index in [1.165, 1.54) is 60.5 Å². The fourth-order valence-corrected chi connectivity index (χ4v) is 10.9. The summed E-state index contributed by atoms with van der Waals surface area (Å²) in [4.78, 5) is 21.3. The van der Waals surface area contributed by atoms with Gasteiger partial charge in [0.05, 0.1) is 11.4 Å². The van der Waals surface area contributed by atoms with Crippen molar-refractivity contribution in [3.8, 4) is 0 Å². The minimum absolute atomic E-state index is 0.00551. The Morgan fingerprint density at radius 3 is 1.58 bits per heavy atom. The predicted octanol–water partition coefficient (Wildman–Crippen LogP) is 14.9. The lowest BCUT2D eigenvalue weighted by Gasteiger charge is -2.54. The Hall–Kier alpha value is -7.84. The number of allylic oxidation sites excluding steroid dienone is 1. The second-order valence-electron chi connectivity index (χ2n) is 19.5. The largest absolute Gasteiger partial charge is 0.366 e. The minimum Gasteiger partial charge on any atom is -0.366 e. The summed E-state index contributed by atoms with van der Waals surface area (Å²) in [5.74, 6) is 3.55. The Bertz CT molecular complexity index is 3170. The van der Waals surface area contributed by atoms with Crippen molar-refractivity contribution in [2.45, 2.75) is 77.9 Å². The van der Waals surface area contributed by atoms with Crippen LogP contribution < -0.4 is 21.3 Å². The van der Waals surface area contributed by atoms with Crippen LogP contribution in [-0.2, 0) is 19.6 Å². The van der Waals surface area contributed by atoms with Gasteiger partial charge in [0, 0.05) is 56.1 Å². The first kappa shape index (κ1) is 46.9. The second-order valence-corrected chi connectivity index (χ2v) is 19.5. The van der Waals surface area contributed by atoms with Gasteiger partial charge in [-0.3, -0.25) is 0 Å². The van der Waals surface area contributed by atoms with Crippen molar-refractivity contribution in [3.05, 3.63) is 232 Å². The normalized spacial score (nSPS) is 17.0. The summed E-state index contributed by atoms with van der Waals surface area (Å²) in [5, 5.41) is 19.8. The smallest absolute Gasteiger partial charge is 0.225 e. The maximum Gasteiger partial charge on any atom is 0.225 e. The highest BCUT2D eigenvalue weighted by Gasteiger charge is 2.56.